The number of hydrogen-bond acceptors (Lipinski definition) is 7. The van der Waals surface area contributed by atoms with Crippen LogP contribution >= 0.6 is 0 Å². The number of rotatable bonds is 11. The van der Waals surface area contributed by atoms with Gasteiger partial charge in [0, 0.05) is 61.2 Å². The molecular weight excluding hydrogens is 638 g/mol. The number of pyridine rings is 2. The lowest BCUT2D eigenvalue weighted by atomic mass is 10.0. The van der Waals surface area contributed by atoms with Gasteiger partial charge in [0.1, 0.15) is 11.5 Å². The predicted molar refractivity (Wildman–Crippen MR) is 201 cm³/mol. The molecule has 1 fully saturated rings. The predicted octanol–water partition coefficient (Wildman–Crippen LogP) is 7.10. The molecule has 7 rings (SSSR count). The van der Waals surface area contributed by atoms with E-state index in [9.17, 15) is 9.59 Å². The zero-order chi connectivity index (χ0) is 35.2. The van der Waals surface area contributed by atoms with Gasteiger partial charge in [-0.1, -0.05) is 36.4 Å². The number of nitrogens with zero attached hydrogens (tertiary/aromatic N) is 4. The third-order valence-corrected chi connectivity index (χ3v) is 9.20. The topological polar surface area (TPSA) is 96.9 Å². The second-order valence-corrected chi connectivity index (χ2v) is 12.4. The molecule has 9 nitrogen and oxygen atoms in total. The maximum absolute atomic E-state index is 14.0. The Morgan fingerprint density at radius 1 is 0.647 bits per heavy atom. The Kier molecular flexibility index (Phi) is 10.2. The molecule has 1 saturated heterocycles. The van der Waals surface area contributed by atoms with Crippen molar-refractivity contribution in [2.75, 3.05) is 52.5 Å². The summed E-state index contributed by atoms with van der Waals surface area (Å²) in [5.41, 5.74) is 6.13. The van der Waals surface area contributed by atoms with Crippen molar-refractivity contribution in [3.63, 3.8) is 0 Å². The molecule has 9 heteroatoms. The number of benzene rings is 4. The molecule has 3 heterocycles. The average molecular weight is 680 g/mol. The number of aromatic nitrogens is 2. The average Bonchev–Trinajstić information content (AvgIpc) is 3.18. The maximum Gasteiger partial charge on any atom is 0.254 e. The van der Waals surface area contributed by atoms with Crippen LogP contribution in [0.2, 0.25) is 0 Å². The van der Waals surface area contributed by atoms with Crippen LogP contribution in [-0.2, 0) is 0 Å². The van der Waals surface area contributed by atoms with Crippen LogP contribution in [0.4, 0.5) is 0 Å². The summed E-state index contributed by atoms with van der Waals surface area (Å²) in [4.78, 5) is 41.5. The van der Waals surface area contributed by atoms with Gasteiger partial charge in [0.25, 0.3) is 11.8 Å². The molecule has 1 aliphatic heterocycles. The Balaban J connectivity index is 0.991. The van der Waals surface area contributed by atoms with E-state index in [0.29, 0.717) is 50.5 Å². The van der Waals surface area contributed by atoms with Gasteiger partial charge in [-0.2, -0.15) is 0 Å². The number of carbonyl (C=O) groups excluding carboxylic acids is 2. The van der Waals surface area contributed by atoms with Crippen LogP contribution in [0.25, 0.3) is 44.3 Å². The molecule has 258 valence electrons. The lowest BCUT2D eigenvalue weighted by Crippen LogP contribution is -2.50. The lowest BCUT2D eigenvalue weighted by Gasteiger charge is -2.35. The highest BCUT2D eigenvalue weighted by Crippen LogP contribution is 2.29. The van der Waals surface area contributed by atoms with Crippen LogP contribution in [0.15, 0.2) is 109 Å². The summed E-state index contributed by atoms with van der Waals surface area (Å²) in [6.07, 6.45) is 0. The molecule has 0 bridgehead atoms. The zero-order valence-corrected chi connectivity index (χ0v) is 29.0. The van der Waals surface area contributed by atoms with Crippen molar-refractivity contribution in [3.05, 3.63) is 120 Å². The summed E-state index contributed by atoms with van der Waals surface area (Å²) in [5.74, 6) is 1.46. The fourth-order valence-corrected chi connectivity index (χ4v) is 6.56. The quantitative estimate of drug-likeness (QED) is 0.156. The number of para-hydroxylation sites is 2. The summed E-state index contributed by atoms with van der Waals surface area (Å²) >= 11 is 0. The van der Waals surface area contributed by atoms with Crippen molar-refractivity contribution in [3.8, 4) is 34.0 Å². The van der Waals surface area contributed by atoms with E-state index in [1.165, 1.54) is 0 Å². The molecule has 0 saturated carbocycles. The van der Waals surface area contributed by atoms with Crippen molar-refractivity contribution in [2.45, 2.75) is 13.8 Å². The number of amides is 2. The molecule has 2 aromatic heterocycles. The molecule has 0 aliphatic carbocycles. The van der Waals surface area contributed by atoms with Crippen LogP contribution in [0.3, 0.4) is 0 Å². The first kappa shape index (κ1) is 33.7. The molecule has 0 spiro atoms. The summed E-state index contributed by atoms with van der Waals surface area (Å²) in [6, 6.07) is 34.9. The minimum Gasteiger partial charge on any atom is -0.494 e. The van der Waals surface area contributed by atoms with E-state index in [1.54, 1.807) is 0 Å². The molecule has 0 radical (unpaired) electrons. The second kappa shape index (κ2) is 15.4. The van der Waals surface area contributed by atoms with E-state index < -0.39 is 0 Å². The number of ether oxygens (including phenoxy) is 2. The van der Waals surface area contributed by atoms with Gasteiger partial charge >= 0.3 is 0 Å². The van der Waals surface area contributed by atoms with Gasteiger partial charge in [0.15, 0.2) is 0 Å². The van der Waals surface area contributed by atoms with Crippen LogP contribution in [-0.4, -0.2) is 84.1 Å². The van der Waals surface area contributed by atoms with Crippen molar-refractivity contribution in [1.82, 2.24) is 25.1 Å². The fraction of sp³-hybridized carbons (Fsp3) is 0.238. The maximum atomic E-state index is 14.0. The Bertz CT molecular complexity index is 2160. The Labute approximate surface area is 297 Å². The molecule has 4 aromatic carbocycles. The highest BCUT2D eigenvalue weighted by Gasteiger charge is 2.25. The zero-order valence-electron chi connectivity index (χ0n) is 29.0. The highest BCUT2D eigenvalue weighted by atomic mass is 16.5. The van der Waals surface area contributed by atoms with Crippen LogP contribution < -0.4 is 14.8 Å². The van der Waals surface area contributed by atoms with Gasteiger partial charge < -0.3 is 19.7 Å². The van der Waals surface area contributed by atoms with Crippen molar-refractivity contribution >= 4 is 33.6 Å². The third kappa shape index (κ3) is 7.54. The van der Waals surface area contributed by atoms with E-state index in [4.69, 9.17) is 19.4 Å². The minimum atomic E-state index is -0.137. The molecule has 0 atom stereocenters. The van der Waals surface area contributed by atoms with Crippen LogP contribution in [0.5, 0.6) is 11.5 Å². The van der Waals surface area contributed by atoms with E-state index in [2.05, 4.69) is 10.2 Å². The summed E-state index contributed by atoms with van der Waals surface area (Å²) in [6.45, 7) is 8.92. The largest absolute Gasteiger partial charge is 0.494 e. The SMILES string of the molecule is CCOc1ccc(-c2cc(C(=O)NCCN3CCN(C(=O)c4cc(-c5ccc(OCC)cc5)nc5ccccc45)CC3)c3ccccc3n2)cc1. The van der Waals surface area contributed by atoms with E-state index in [1.807, 2.05) is 128 Å². The first-order chi connectivity index (χ1) is 25.0. The van der Waals surface area contributed by atoms with Gasteiger partial charge in [0.2, 0.25) is 0 Å². The van der Waals surface area contributed by atoms with Gasteiger partial charge in [-0.05, 0) is 86.6 Å². The lowest BCUT2D eigenvalue weighted by molar-refractivity contribution is 0.0640. The molecule has 2 amide bonds. The number of carbonyl (C=O) groups is 2. The Morgan fingerprint density at radius 2 is 1.14 bits per heavy atom. The first-order valence-corrected chi connectivity index (χ1v) is 17.6. The summed E-state index contributed by atoms with van der Waals surface area (Å²) in [7, 11) is 0. The number of nitrogens with one attached hydrogen (secondary N) is 1. The first-order valence-electron chi connectivity index (χ1n) is 17.6. The van der Waals surface area contributed by atoms with Gasteiger partial charge in [-0.3, -0.25) is 14.5 Å². The number of fused-ring (bicyclic) bond motifs is 2. The number of hydrogen-bond donors (Lipinski definition) is 1. The van der Waals surface area contributed by atoms with Gasteiger partial charge in [-0.15, -0.1) is 0 Å². The van der Waals surface area contributed by atoms with Crippen molar-refractivity contribution in [2.24, 2.45) is 0 Å². The highest BCUT2D eigenvalue weighted by molar-refractivity contribution is 6.08. The standard InChI is InChI=1S/C42H41N5O4/c1-3-50-31-17-13-29(14-18-31)39-27-35(33-9-5-7-11-37(33)44-39)41(48)43-21-22-46-23-25-47(26-24-46)42(49)36-28-40(45-38-12-8-6-10-34(36)38)30-15-19-32(20-16-30)51-4-2/h5-20,27-28H,3-4,21-26H2,1-2H3,(H,43,48). The Morgan fingerprint density at radius 3 is 1.67 bits per heavy atom. The Hall–Kier alpha value is -5.80. The molecule has 1 N–H and O–H groups in total. The van der Waals surface area contributed by atoms with Crippen molar-refractivity contribution in [1.29, 1.82) is 0 Å². The molecule has 1 aliphatic rings. The van der Waals surface area contributed by atoms with Gasteiger partial charge in [0.05, 0.1) is 46.8 Å². The monoisotopic (exact) mass is 679 g/mol. The molecule has 51 heavy (non-hydrogen) atoms. The van der Waals surface area contributed by atoms with Crippen LogP contribution in [0, 0.1) is 0 Å². The third-order valence-electron chi connectivity index (χ3n) is 9.20. The molecule has 6 aromatic rings. The second-order valence-electron chi connectivity index (χ2n) is 12.4. The smallest absolute Gasteiger partial charge is 0.254 e. The van der Waals surface area contributed by atoms with Crippen LogP contribution in [0.1, 0.15) is 34.6 Å². The minimum absolute atomic E-state index is 0.00152. The summed E-state index contributed by atoms with van der Waals surface area (Å²) in [5, 5.41) is 4.79. The van der Waals surface area contributed by atoms with Gasteiger partial charge in [-0.25, -0.2) is 9.97 Å². The van der Waals surface area contributed by atoms with E-state index in [-0.39, 0.29) is 11.8 Å². The fourth-order valence-electron chi connectivity index (χ4n) is 6.56. The molecule has 0 unspecified atom stereocenters. The van der Waals surface area contributed by atoms with Crippen molar-refractivity contribution < 1.29 is 19.1 Å². The number of piperazine rings is 1. The molecular formula is C42H41N5O4. The van der Waals surface area contributed by atoms with E-state index >= 15 is 0 Å². The summed E-state index contributed by atoms with van der Waals surface area (Å²) < 4.78 is 11.2. The van der Waals surface area contributed by atoms with E-state index in [0.717, 1.165) is 68.9 Å². The normalized spacial score (nSPS) is 13.3.